The molecule has 0 spiro atoms. The van der Waals surface area contributed by atoms with Crippen LogP contribution in [0.4, 0.5) is 0 Å². The van der Waals surface area contributed by atoms with Gasteiger partial charge >= 0.3 is 0 Å². The van der Waals surface area contributed by atoms with E-state index in [1.54, 1.807) is 25.5 Å². The zero-order chi connectivity index (χ0) is 16.8. The minimum atomic E-state index is -0.0693. The zero-order valence-corrected chi connectivity index (χ0v) is 14.7. The Balaban J connectivity index is 2.17. The highest BCUT2D eigenvalue weighted by Crippen LogP contribution is 2.37. The molecule has 1 aliphatic heterocycles. The Morgan fingerprint density at radius 2 is 2.30 bits per heavy atom. The summed E-state index contributed by atoms with van der Waals surface area (Å²) in [6, 6.07) is 3.50. The summed E-state index contributed by atoms with van der Waals surface area (Å²) in [6.07, 6.45) is 2.44. The smallest absolute Gasteiger partial charge is 0.236 e. The topological polar surface area (TPSA) is 72.3 Å². The standard InChI is InChI=1S/C15H18ClN3O3S/c1-4-9(2)22-14-11(16)5-10(6-12(14)21-3)7-17-19-15-18-13(20)8-23-15/h5-7,9H,4,8H2,1-3H3,(H,18,19,20). The molecule has 0 aromatic heterocycles. The number of rotatable bonds is 6. The Hall–Kier alpha value is -1.73. The van der Waals surface area contributed by atoms with E-state index in [2.05, 4.69) is 15.5 Å². The number of thioether (sulfide) groups is 1. The van der Waals surface area contributed by atoms with Crippen molar-refractivity contribution in [1.29, 1.82) is 0 Å². The van der Waals surface area contributed by atoms with Crippen LogP contribution in [-0.2, 0) is 4.79 Å². The second-order valence-corrected chi connectivity index (χ2v) is 6.23. The summed E-state index contributed by atoms with van der Waals surface area (Å²) in [5.41, 5.74) is 0.724. The fourth-order valence-electron chi connectivity index (χ4n) is 1.74. The number of nitrogens with zero attached hydrogens (tertiary/aromatic N) is 2. The van der Waals surface area contributed by atoms with E-state index >= 15 is 0 Å². The highest BCUT2D eigenvalue weighted by Gasteiger charge is 2.16. The molecule has 1 unspecified atom stereocenters. The zero-order valence-electron chi connectivity index (χ0n) is 13.1. The molecule has 1 amide bonds. The highest BCUT2D eigenvalue weighted by atomic mass is 35.5. The Kier molecular flexibility index (Phi) is 6.29. The van der Waals surface area contributed by atoms with E-state index in [0.29, 0.717) is 27.4 Å². The van der Waals surface area contributed by atoms with Crippen molar-refractivity contribution in [3.8, 4) is 11.5 Å². The fourth-order valence-corrected chi connectivity index (χ4v) is 2.63. The molecule has 23 heavy (non-hydrogen) atoms. The number of ether oxygens (including phenoxy) is 2. The predicted molar refractivity (Wildman–Crippen MR) is 94.0 cm³/mol. The van der Waals surface area contributed by atoms with Crippen molar-refractivity contribution in [2.45, 2.75) is 26.4 Å². The Bertz CT molecular complexity index is 649. The molecule has 0 aliphatic carbocycles. The van der Waals surface area contributed by atoms with Crippen LogP contribution in [0.5, 0.6) is 11.5 Å². The molecule has 1 aromatic rings. The van der Waals surface area contributed by atoms with Gasteiger partial charge in [-0.25, -0.2) is 0 Å². The van der Waals surface area contributed by atoms with E-state index in [-0.39, 0.29) is 12.0 Å². The largest absolute Gasteiger partial charge is 0.493 e. The number of nitrogens with one attached hydrogen (secondary N) is 1. The number of carbonyl (C=O) groups is 1. The van der Waals surface area contributed by atoms with Gasteiger partial charge in [0.05, 0.1) is 30.2 Å². The van der Waals surface area contributed by atoms with Gasteiger partial charge in [-0.1, -0.05) is 30.3 Å². The molecule has 0 saturated carbocycles. The molecule has 1 aromatic carbocycles. The molecule has 2 rings (SSSR count). The number of amidine groups is 1. The van der Waals surface area contributed by atoms with Crippen molar-refractivity contribution in [3.63, 3.8) is 0 Å². The van der Waals surface area contributed by atoms with Gasteiger partial charge in [0, 0.05) is 5.56 Å². The van der Waals surface area contributed by atoms with Crippen LogP contribution < -0.4 is 14.8 Å². The van der Waals surface area contributed by atoms with Crippen molar-refractivity contribution in [1.82, 2.24) is 5.32 Å². The number of methoxy groups -OCH3 is 1. The predicted octanol–water partition coefficient (Wildman–Crippen LogP) is 3.08. The van der Waals surface area contributed by atoms with Crippen molar-refractivity contribution < 1.29 is 14.3 Å². The molecule has 124 valence electrons. The Labute approximate surface area is 144 Å². The summed E-state index contributed by atoms with van der Waals surface area (Å²) in [5, 5.41) is 11.4. The van der Waals surface area contributed by atoms with Crippen molar-refractivity contribution in [2.75, 3.05) is 12.9 Å². The van der Waals surface area contributed by atoms with Gasteiger partial charge in [0.15, 0.2) is 16.7 Å². The number of amides is 1. The quantitative estimate of drug-likeness (QED) is 0.628. The average molecular weight is 356 g/mol. The molecule has 8 heteroatoms. The van der Waals surface area contributed by atoms with E-state index in [1.165, 1.54) is 11.8 Å². The van der Waals surface area contributed by atoms with Gasteiger partial charge in [-0.15, -0.1) is 5.10 Å². The molecule has 1 aliphatic rings. The summed E-state index contributed by atoms with van der Waals surface area (Å²) >= 11 is 7.59. The number of carbonyl (C=O) groups excluding carboxylic acids is 1. The van der Waals surface area contributed by atoms with Crippen LogP contribution in [0.1, 0.15) is 25.8 Å². The van der Waals surface area contributed by atoms with E-state index in [1.807, 2.05) is 13.8 Å². The van der Waals surface area contributed by atoms with Crippen LogP contribution in [0, 0.1) is 0 Å². The second-order valence-electron chi connectivity index (χ2n) is 4.86. The summed E-state index contributed by atoms with van der Waals surface area (Å²) in [6.45, 7) is 4.00. The molecule has 1 saturated heterocycles. The lowest BCUT2D eigenvalue weighted by Gasteiger charge is -2.17. The maximum atomic E-state index is 11.1. The van der Waals surface area contributed by atoms with Crippen LogP contribution >= 0.6 is 23.4 Å². The normalized spacial score (nSPS) is 17.6. The monoisotopic (exact) mass is 355 g/mol. The van der Waals surface area contributed by atoms with Crippen LogP contribution in [-0.4, -0.2) is 36.3 Å². The maximum absolute atomic E-state index is 11.1. The van der Waals surface area contributed by atoms with Gasteiger partial charge in [-0.3, -0.25) is 4.79 Å². The minimum Gasteiger partial charge on any atom is -0.493 e. The molecule has 1 N–H and O–H groups in total. The number of hydrogen-bond acceptors (Lipinski definition) is 6. The second kappa shape index (κ2) is 8.21. The molecule has 1 heterocycles. The van der Waals surface area contributed by atoms with Crippen LogP contribution in [0.2, 0.25) is 5.02 Å². The maximum Gasteiger partial charge on any atom is 0.236 e. The summed E-state index contributed by atoms with van der Waals surface area (Å²) in [5.74, 6) is 1.36. The highest BCUT2D eigenvalue weighted by molar-refractivity contribution is 8.15. The van der Waals surface area contributed by atoms with E-state index in [0.717, 1.165) is 12.0 Å². The number of benzene rings is 1. The molecule has 1 atom stereocenters. The molecule has 6 nitrogen and oxygen atoms in total. The molecular formula is C15H18ClN3O3S. The van der Waals surface area contributed by atoms with Gasteiger partial charge in [-0.05, 0) is 25.5 Å². The van der Waals surface area contributed by atoms with Gasteiger partial charge in [-0.2, -0.15) is 5.10 Å². The van der Waals surface area contributed by atoms with Crippen LogP contribution in [0.15, 0.2) is 22.3 Å². The van der Waals surface area contributed by atoms with E-state index < -0.39 is 0 Å². The Morgan fingerprint density at radius 3 is 2.91 bits per heavy atom. The lowest BCUT2D eigenvalue weighted by molar-refractivity contribution is -0.116. The van der Waals surface area contributed by atoms with Gasteiger partial charge < -0.3 is 14.8 Å². The lowest BCUT2D eigenvalue weighted by Crippen LogP contribution is -2.19. The van der Waals surface area contributed by atoms with Gasteiger partial charge in [0.1, 0.15) is 0 Å². The fraction of sp³-hybridized carbons (Fsp3) is 0.400. The van der Waals surface area contributed by atoms with Crippen molar-refractivity contribution in [3.05, 3.63) is 22.7 Å². The third-order valence-corrected chi connectivity index (χ3v) is 4.23. The third kappa shape index (κ3) is 4.87. The first kappa shape index (κ1) is 17.6. The van der Waals surface area contributed by atoms with Crippen LogP contribution in [0.3, 0.4) is 0 Å². The van der Waals surface area contributed by atoms with Crippen LogP contribution in [0.25, 0.3) is 0 Å². The first-order valence-corrected chi connectivity index (χ1v) is 8.47. The number of hydrogen-bond donors (Lipinski definition) is 1. The van der Waals surface area contributed by atoms with Crippen molar-refractivity contribution in [2.24, 2.45) is 10.2 Å². The molecule has 1 fully saturated rings. The van der Waals surface area contributed by atoms with E-state index in [9.17, 15) is 4.79 Å². The summed E-state index contributed by atoms with van der Waals surface area (Å²) in [7, 11) is 1.56. The SMILES string of the molecule is CCC(C)Oc1c(Cl)cc(C=NN=C2NC(=O)CS2)cc1OC. The van der Waals surface area contributed by atoms with Crippen molar-refractivity contribution >= 4 is 40.7 Å². The number of halogens is 1. The lowest BCUT2D eigenvalue weighted by atomic mass is 10.2. The summed E-state index contributed by atoms with van der Waals surface area (Å²) in [4.78, 5) is 11.1. The van der Waals surface area contributed by atoms with Gasteiger partial charge in [0.25, 0.3) is 0 Å². The third-order valence-electron chi connectivity index (χ3n) is 3.09. The minimum absolute atomic E-state index is 0.0373. The van der Waals surface area contributed by atoms with Gasteiger partial charge in [0.2, 0.25) is 5.91 Å². The summed E-state index contributed by atoms with van der Waals surface area (Å²) < 4.78 is 11.1. The first-order chi connectivity index (χ1) is 11.0. The molecular weight excluding hydrogens is 338 g/mol. The average Bonchev–Trinajstić information content (AvgIpc) is 2.94. The first-order valence-electron chi connectivity index (χ1n) is 7.11. The molecule has 0 bridgehead atoms. The Morgan fingerprint density at radius 1 is 1.52 bits per heavy atom. The molecule has 0 radical (unpaired) electrons. The van der Waals surface area contributed by atoms with E-state index in [4.69, 9.17) is 21.1 Å².